The third kappa shape index (κ3) is 4.33. The number of nitrogens with zero attached hydrogens (tertiary/aromatic N) is 3. The van der Waals surface area contributed by atoms with Crippen LogP contribution >= 0.6 is 0 Å². The number of aryl methyl sites for hydroxylation is 1. The molecule has 140 valence electrons. The van der Waals surface area contributed by atoms with Gasteiger partial charge in [-0.2, -0.15) is 13.2 Å². The average molecular weight is 368 g/mol. The maximum absolute atomic E-state index is 12.9. The van der Waals surface area contributed by atoms with Crippen molar-refractivity contribution in [2.24, 2.45) is 5.92 Å². The molecule has 6 nitrogen and oxygen atoms in total. The number of carbonyl (C=O) groups excluding carboxylic acids is 1. The van der Waals surface area contributed by atoms with E-state index in [-0.39, 0.29) is 23.5 Å². The highest BCUT2D eigenvalue weighted by Gasteiger charge is 2.34. The van der Waals surface area contributed by atoms with Crippen LogP contribution in [0.1, 0.15) is 30.1 Å². The maximum atomic E-state index is 12.9. The number of alkyl halides is 3. The van der Waals surface area contributed by atoms with Crippen LogP contribution in [0.5, 0.6) is 0 Å². The molecule has 1 fully saturated rings. The first-order valence-corrected chi connectivity index (χ1v) is 8.31. The zero-order chi connectivity index (χ0) is 18.7. The number of aromatic nitrogens is 2. The number of rotatable bonds is 4. The Balaban J connectivity index is 1.58. The molecule has 0 bridgehead atoms. The number of halogens is 3. The number of piperidine rings is 1. The standard InChI is InChI=1S/C17H19F3N4O2/c1-11-22-14(17(18,19)20)9-15(23-11)24-6-4-12(5-7-24)16(25)21-10-13-3-2-8-26-13/h2-3,8-9,12H,4-7,10H2,1H3,(H,21,25). The first kappa shape index (κ1) is 18.2. The van der Waals surface area contributed by atoms with Gasteiger partial charge in [0.25, 0.3) is 0 Å². The Morgan fingerprint density at radius 3 is 2.69 bits per heavy atom. The van der Waals surface area contributed by atoms with E-state index >= 15 is 0 Å². The molecule has 0 aromatic carbocycles. The molecule has 3 rings (SSSR count). The highest BCUT2D eigenvalue weighted by Crippen LogP contribution is 2.30. The minimum atomic E-state index is -4.51. The summed E-state index contributed by atoms with van der Waals surface area (Å²) < 4.78 is 43.9. The molecule has 3 heterocycles. The smallest absolute Gasteiger partial charge is 0.433 e. The summed E-state index contributed by atoms with van der Waals surface area (Å²) in [5.74, 6) is 0.751. The number of furan rings is 1. The molecule has 0 atom stereocenters. The first-order valence-electron chi connectivity index (χ1n) is 8.31. The van der Waals surface area contributed by atoms with Crippen molar-refractivity contribution in [1.82, 2.24) is 15.3 Å². The van der Waals surface area contributed by atoms with E-state index in [1.54, 1.807) is 23.3 Å². The lowest BCUT2D eigenvalue weighted by Crippen LogP contribution is -2.40. The van der Waals surface area contributed by atoms with E-state index in [9.17, 15) is 18.0 Å². The Bertz CT molecular complexity index is 754. The number of hydrogen-bond acceptors (Lipinski definition) is 5. The molecule has 1 amide bonds. The Morgan fingerprint density at radius 2 is 2.08 bits per heavy atom. The highest BCUT2D eigenvalue weighted by atomic mass is 19.4. The summed E-state index contributed by atoms with van der Waals surface area (Å²) >= 11 is 0. The molecule has 1 saturated heterocycles. The van der Waals surface area contributed by atoms with Gasteiger partial charge in [-0.1, -0.05) is 0 Å². The molecule has 26 heavy (non-hydrogen) atoms. The number of anilines is 1. The fourth-order valence-electron chi connectivity index (χ4n) is 2.96. The van der Waals surface area contributed by atoms with Gasteiger partial charge in [0.2, 0.25) is 5.91 Å². The third-order valence-corrected chi connectivity index (χ3v) is 4.32. The van der Waals surface area contributed by atoms with E-state index in [1.165, 1.54) is 6.92 Å². The fraction of sp³-hybridized carbons (Fsp3) is 0.471. The van der Waals surface area contributed by atoms with Crippen molar-refractivity contribution in [3.8, 4) is 0 Å². The molecule has 0 aliphatic carbocycles. The SMILES string of the molecule is Cc1nc(N2CCC(C(=O)NCc3ccco3)CC2)cc(C(F)(F)F)n1. The maximum Gasteiger partial charge on any atom is 0.433 e. The molecule has 0 saturated carbocycles. The third-order valence-electron chi connectivity index (χ3n) is 4.32. The second kappa shape index (κ2) is 7.35. The van der Waals surface area contributed by atoms with Crippen LogP contribution in [0.3, 0.4) is 0 Å². The van der Waals surface area contributed by atoms with Crippen LogP contribution < -0.4 is 10.2 Å². The minimum Gasteiger partial charge on any atom is -0.467 e. The molecule has 2 aromatic heterocycles. The summed E-state index contributed by atoms with van der Waals surface area (Å²) in [7, 11) is 0. The lowest BCUT2D eigenvalue weighted by atomic mass is 9.96. The number of amides is 1. The molecule has 1 N–H and O–H groups in total. The lowest BCUT2D eigenvalue weighted by Gasteiger charge is -2.32. The quantitative estimate of drug-likeness (QED) is 0.899. The zero-order valence-electron chi connectivity index (χ0n) is 14.2. The van der Waals surface area contributed by atoms with Gasteiger partial charge in [-0.15, -0.1) is 0 Å². The van der Waals surface area contributed by atoms with Gasteiger partial charge in [-0.05, 0) is 31.9 Å². The molecule has 9 heteroatoms. The van der Waals surface area contributed by atoms with Crippen LogP contribution in [0.25, 0.3) is 0 Å². The predicted molar refractivity (Wildman–Crippen MR) is 87.3 cm³/mol. The van der Waals surface area contributed by atoms with Gasteiger partial charge in [-0.25, -0.2) is 9.97 Å². The lowest BCUT2D eigenvalue weighted by molar-refractivity contribution is -0.141. The Morgan fingerprint density at radius 1 is 1.35 bits per heavy atom. The predicted octanol–water partition coefficient (Wildman–Crippen LogP) is 2.93. The van der Waals surface area contributed by atoms with E-state index < -0.39 is 11.9 Å². The Hall–Kier alpha value is -2.58. The summed E-state index contributed by atoms with van der Waals surface area (Å²) in [6.45, 7) is 2.69. The molecular formula is C17H19F3N4O2. The summed E-state index contributed by atoms with van der Waals surface area (Å²) in [5, 5.41) is 2.82. The second-order valence-corrected chi connectivity index (χ2v) is 6.21. The van der Waals surface area contributed by atoms with E-state index in [4.69, 9.17) is 4.42 Å². The van der Waals surface area contributed by atoms with Crippen molar-refractivity contribution in [1.29, 1.82) is 0 Å². The average Bonchev–Trinajstić information content (AvgIpc) is 3.12. The van der Waals surface area contributed by atoms with Crippen LogP contribution in [0, 0.1) is 12.8 Å². The van der Waals surface area contributed by atoms with Gasteiger partial charge in [0, 0.05) is 25.1 Å². The highest BCUT2D eigenvalue weighted by molar-refractivity contribution is 5.78. The minimum absolute atomic E-state index is 0.0732. The van der Waals surface area contributed by atoms with E-state index in [2.05, 4.69) is 15.3 Å². The van der Waals surface area contributed by atoms with Crippen molar-refractivity contribution in [2.75, 3.05) is 18.0 Å². The van der Waals surface area contributed by atoms with Crippen LogP contribution in [-0.2, 0) is 17.5 Å². The molecule has 0 spiro atoms. The first-order chi connectivity index (χ1) is 12.3. The van der Waals surface area contributed by atoms with Crippen molar-refractivity contribution in [2.45, 2.75) is 32.5 Å². The molecule has 0 unspecified atom stereocenters. The Labute approximate surface area is 148 Å². The zero-order valence-corrected chi connectivity index (χ0v) is 14.2. The van der Waals surface area contributed by atoms with Crippen LogP contribution in [-0.4, -0.2) is 29.0 Å². The van der Waals surface area contributed by atoms with Crippen LogP contribution in [0.2, 0.25) is 0 Å². The fourth-order valence-corrected chi connectivity index (χ4v) is 2.96. The molecular weight excluding hydrogens is 349 g/mol. The monoisotopic (exact) mass is 368 g/mol. The number of carbonyl (C=O) groups is 1. The molecule has 2 aromatic rings. The van der Waals surface area contributed by atoms with Gasteiger partial charge in [0.1, 0.15) is 23.1 Å². The van der Waals surface area contributed by atoms with Gasteiger partial charge in [-0.3, -0.25) is 4.79 Å². The van der Waals surface area contributed by atoms with E-state index in [0.717, 1.165) is 6.07 Å². The largest absolute Gasteiger partial charge is 0.467 e. The summed E-state index contributed by atoms with van der Waals surface area (Å²) in [6, 6.07) is 4.49. The second-order valence-electron chi connectivity index (χ2n) is 6.21. The molecule has 0 radical (unpaired) electrons. The van der Waals surface area contributed by atoms with Crippen LogP contribution in [0.15, 0.2) is 28.9 Å². The van der Waals surface area contributed by atoms with Crippen LogP contribution in [0.4, 0.5) is 19.0 Å². The van der Waals surface area contributed by atoms with Crippen molar-refractivity contribution in [3.05, 3.63) is 41.7 Å². The van der Waals surface area contributed by atoms with E-state index in [0.29, 0.717) is 38.2 Å². The van der Waals surface area contributed by atoms with Crippen molar-refractivity contribution >= 4 is 11.7 Å². The van der Waals surface area contributed by atoms with Crippen molar-refractivity contribution < 1.29 is 22.4 Å². The molecule has 1 aliphatic rings. The normalized spacial score (nSPS) is 15.9. The number of hydrogen-bond donors (Lipinski definition) is 1. The summed E-state index contributed by atoms with van der Waals surface area (Å²) in [4.78, 5) is 21.6. The van der Waals surface area contributed by atoms with Crippen molar-refractivity contribution in [3.63, 3.8) is 0 Å². The van der Waals surface area contributed by atoms with Gasteiger partial charge in [0.05, 0.1) is 12.8 Å². The van der Waals surface area contributed by atoms with E-state index in [1.807, 2.05) is 0 Å². The van der Waals surface area contributed by atoms with Gasteiger partial charge < -0.3 is 14.6 Å². The number of nitrogens with one attached hydrogen (secondary N) is 1. The Kier molecular flexibility index (Phi) is 5.15. The summed E-state index contributed by atoms with van der Waals surface area (Å²) in [6.07, 6.45) is -1.87. The van der Waals surface area contributed by atoms with Gasteiger partial charge >= 0.3 is 6.18 Å². The topological polar surface area (TPSA) is 71.3 Å². The summed E-state index contributed by atoms with van der Waals surface area (Å²) in [5.41, 5.74) is -0.946. The molecule has 1 aliphatic heterocycles. The van der Waals surface area contributed by atoms with Gasteiger partial charge in [0.15, 0.2) is 0 Å².